The lowest BCUT2D eigenvalue weighted by Gasteiger charge is -2.37. The molecule has 0 bridgehead atoms. The van der Waals surface area contributed by atoms with Crippen LogP contribution in [0, 0.1) is 0 Å². The van der Waals surface area contributed by atoms with Crippen molar-refractivity contribution in [3.05, 3.63) is 59.2 Å². The largest absolute Gasteiger partial charge is 0.494 e. The van der Waals surface area contributed by atoms with Gasteiger partial charge in [0, 0.05) is 51.0 Å². The standard InChI is InChI=1S/C25H33N3O3/c1-3-30-22-7-5-21(6-8-22)28-15-13-27(14-16-28)12-10-24-23-9-4-20(25(29)26-2)18-19(23)11-17-31-24/h4-9,18,24H,3,10-17H2,1-2H3,(H,26,29)/t24-/m0/s1. The maximum Gasteiger partial charge on any atom is 0.251 e. The Morgan fingerprint density at radius 2 is 1.90 bits per heavy atom. The van der Waals surface area contributed by atoms with Crippen molar-refractivity contribution >= 4 is 11.6 Å². The molecule has 0 aliphatic carbocycles. The summed E-state index contributed by atoms with van der Waals surface area (Å²) in [5.74, 6) is 0.899. The Hall–Kier alpha value is -2.57. The number of carbonyl (C=O) groups excluding carboxylic acids is 1. The number of amides is 1. The lowest BCUT2D eigenvalue weighted by atomic mass is 9.93. The van der Waals surface area contributed by atoms with E-state index in [-0.39, 0.29) is 12.0 Å². The van der Waals surface area contributed by atoms with Gasteiger partial charge in [-0.1, -0.05) is 6.07 Å². The average molecular weight is 424 g/mol. The number of piperazine rings is 1. The van der Waals surface area contributed by atoms with Crippen molar-refractivity contribution in [3.63, 3.8) is 0 Å². The molecule has 31 heavy (non-hydrogen) atoms. The molecule has 2 aliphatic heterocycles. The van der Waals surface area contributed by atoms with E-state index >= 15 is 0 Å². The molecule has 1 amide bonds. The van der Waals surface area contributed by atoms with Gasteiger partial charge in [0.2, 0.25) is 0 Å². The lowest BCUT2D eigenvalue weighted by Crippen LogP contribution is -2.46. The molecule has 2 heterocycles. The number of hydrogen-bond acceptors (Lipinski definition) is 5. The smallest absolute Gasteiger partial charge is 0.251 e. The molecule has 2 aromatic rings. The third kappa shape index (κ3) is 5.20. The van der Waals surface area contributed by atoms with Crippen LogP contribution >= 0.6 is 0 Å². The van der Waals surface area contributed by atoms with E-state index in [9.17, 15) is 4.79 Å². The SMILES string of the molecule is CCOc1ccc(N2CCN(CC[C@@H]3OCCc4cc(C(=O)NC)ccc43)CC2)cc1. The highest BCUT2D eigenvalue weighted by Gasteiger charge is 2.24. The second-order valence-electron chi connectivity index (χ2n) is 8.15. The van der Waals surface area contributed by atoms with Crippen LogP contribution in [0.3, 0.4) is 0 Å². The molecule has 0 aromatic heterocycles. The highest BCUT2D eigenvalue weighted by molar-refractivity contribution is 5.94. The summed E-state index contributed by atoms with van der Waals surface area (Å²) in [6, 6.07) is 14.4. The Balaban J connectivity index is 1.29. The van der Waals surface area contributed by atoms with Crippen LogP contribution in [-0.2, 0) is 11.2 Å². The molecule has 1 fully saturated rings. The normalized spacial score (nSPS) is 19.0. The van der Waals surface area contributed by atoms with E-state index < -0.39 is 0 Å². The van der Waals surface area contributed by atoms with Crippen molar-refractivity contribution in [2.24, 2.45) is 0 Å². The molecule has 0 spiro atoms. The monoisotopic (exact) mass is 423 g/mol. The molecule has 0 unspecified atom stereocenters. The van der Waals surface area contributed by atoms with Gasteiger partial charge in [-0.05, 0) is 67.3 Å². The van der Waals surface area contributed by atoms with Crippen LogP contribution in [-0.4, -0.2) is 63.8 Å². The summed E-state index contributed by atoms with van der Waals surface area (Å²) in [6.45, 7) is 8.63. The van der Waals surface area contributed by atoms with E-state index in [0.29, 0.717) is 6.61 Å². The Kier molecular flexibility index (Phi) is 7.10. The number of benzene rings is 2. The van der Waals surface area contributed by atoms with Gasteiger partial charge in [-0.25, -0.2) is 0 Å². The fourth-order valence-electron chi connectivity index (χ4n) is 4.51. The number of fused-ring (bicyclic) bond motifs is 1. The van der Waals surface area contributed by atoms with Crippen molar-refractivity contribution in [3.8, 4) is 5.75 Å². The number of rotatable bonds is 7. The van der Waals surface area contributed by atoms with E-state index in [1.54, 1.807) is 7.05 Å². The fourth-order valence-corrected chi connectivity index (χ4v) is 4.51. The highest BCUT2D eigenvalue weighted by Crippen LogP contribution is 2.31. The van der Waals surface area contributed by atoms with Gasteiger partial charge in [0.15, 0.2) is 0 Å². The van der Waals surface area contributed by atoms with Crippen molar-refractivity contribution in [2.45, 2.75) is 25.9 Å². The van der Waals surface area contributed by atoms with Gasteiger partial charge in [-0.2, -0.15) is 0 Å². The van der Waals surface area contributed by atoms with Crippen molar-refractivity contribution in [1.82, 2.24) is 10.2 Å². The lowest BCUT2D eigenvalue weighted by molar-refractivity contribution is 0.0288. The van der Waals surface area contributed by atoms with Crippen LogP contribution in [0.4, 0.5) is 5.69 Å². The van der Waals surface area contributed by atoms with Gasteiger partial charge in [0.25, 0.3) is 5.91 Å². The van der Waals surface area contributed by atoms with Gasteiger partial charge in [-0.3, -0.25) is 9.69 Å². The molecule has 0 saturated carbocycles. The predicted octanol–water partition coefficient (Wildman–Crippen LogP) is 3.27. The van der Waals surface area contributed by atoms with Crippen LogP contribution in [0.25, 0.3) is 0 Å². The first-order valence-electron chi connectivity index (χ1n) is 11.3. The topological polar surface area (TPSA) is 54.0 Å². The van der Waals surface area contributed by atoms with Gasteiger partial charge in [-0.15, -0.1) is 0 Å². The van der Waals surface area contributed by atoms with Gasteiger partial charge < -0.3 is 19.7 Å². The fraction of sp³-hybridized carbons (Fsp3) is 0.480. The Morgan fingerprint density at radius 3 is 2.61 bits per heavy atom. The highest BCUT2D eigenvalue weighted by atomic mass is 16.5. The summed E-state index contributed by atoms with van der Waals surface area (Å²) in [7, 11) is 1.67. The number of anilines is 1. The summed E-state index contributed by atoms with van der Waals surface area (Å²) in [6.07, 6.45) is 1.97. The average Bonchev–Trinajstić information content (AvgIpc) is 2.83. The molecular formula is C25H33N3O3. The number of ether oxygens (including phenoxy) is 2. The molecule has 166 valence electrons. The Morgan fingerprint density at radius 1 is 1.13 bits per heavy atom. The second kappa shape index (κ2) is 10.2. The van der Waals surface area contributed by atoms with Crippen molar-refractivity contribution in [1.29, 1.82) is 0 Å². The molecule has 6 heteroatoms. The Labute approximate surface area is 185 Å². The molecule has 0 radical (unpaired) electrons. The number of hydrogen-bond donors (Lipinski definition) is 1. The summed E-state index contributed by atoms with van der Waals surface area (Å²) >= 11 is 0. The number of nitrogens with one attached hydrogen (secondary N) is 1. The maximum atomic E-state index is 11.9. The first-order valence-corrected chi connectivity index (χ1v) is 11.3. The third-order valence-corrected chi connectivity index (χ3v) is 6.26. The zero-order valence-corrected chi connectivity index (χ0v) is 18.6. The summed E-state index contributed by atoms with van der Waals surface area (Å²) in [5, 5.41) is 2.70. The minimum atomic E-state index is -0.0313. The molecule has 1 N–H and O–H groups in total. The van der Waals surface area contributed by atoms with Crippen LogP contribution in [0.5, 0.6) is 5.75 Å². The molecule has 2 aromatic carbocycles. The molecule has 1 atom stereocenters. The van der Waals surface area contributed by atoms with E-state index in [0.717, 1.165) is 63.5 Å². The van der Waals surface area contributed by atoms with E-state index in [1.165, 1.54) is 16.8 Å². The van der Waals surface area contributed by atoms with Crippen LogP contribution < -0.4 is 15.0 Å². The minimum Gasteiger partial charge on any atom is -0.494 e. The molecule has 1 saturated heterocycles. The minimum absolute atomic E-state index is 0.0313. The summed E-state index contributed by atoms with van der Waals surface area (Å²) in [5.41, 5.74) is 4.48. The third-order valence-electron chi connectivity index (χ3n) is 6.26. The van der Waals surface area contributed by atoms with Gasteiger partial charge >= 0.3 is 0 Å². The van der Waals surface area contributed by atoms with Crippen LogP contribution in [0.1, 0.15) is 40.9 Å². The molecule has 6 nitrogen and oxygen atoms in total. The summed E-state index contributed by atoms with van der Waals surface area (Å²) < 4.78 is 11.6. The van der Waals surface area contributed by atoms with Gasteiger partial charge in [0.1, 0.15) is 5.75 Å². The Bertz CT molecular complexity index is 876. The molecule has 2 aliphatic rings. The van der Waals surface area contributed by atoms with Crippen molar-refractivity contribution < 1.29 is 14.3 Å². The first kappa shape index (κ1) is 21.7. The van der Waals surface area contributed by atoms with Crippen LogP contribution in [0.2, 0.25) is 0 Å². The predicted molar refractivity (Wildman–Crippen MR) is 123 cm³/mol. The van der Waals surface area contributed by atoms with Crippen molar-refractivity contribution in [2.75, 3.05) is 57.9 Å². The molecular weight excluding hydrogens is 390 g/mol. The first-order chi connectivity index (χ1) is 15.2. The van der Waals surface area contributed by atoms with E-state index in [1.807, 2.05) is 19.1 Å². The van der Waals surface area contributed by atoms with E-state index in [2.05, 4.69) is 45.4 Å². The number of carbonyl (C=O) groups is 1. The zero-order valence-electron chi connectivity index (χ0n) is 18.6. The number of nitrogens with zero attached hydrogens (tertiary/aromatic N) is 2. The molecule has 4 rings (SSSR count). The van der Waals surface area contributed by atoms with E-state index in [4.69, 9.17) is 9.47 Å². The second-order valence-corrected chi connectivity index (χ2v) is 8.15. The summed E-state index contributed by atoms with van der Waals surface area (Å²) in [4.78, 5) is 16.9. The quantitative estimate of drug-likeness (QED) is 0.741. The van der Waals surface area contributed by atoms with Gasteiger partial charge in [0.05, 0.1) is 19.3 Å². The maximum absolute atomic E-state index is 11.9. The van der Waals surface area contributed by atoms with Crippen LogP contribution in [0.15, 0.2) is 42.5 Å². The zero-order chi connectivity index (χ0) is 21.6.